The quantitative estimate of drug-likeness (QED) is 0.302. The molecule has 8 heteroatoms. The molecule has 0 saturated heterocycles. The number of rotatable bonds is 7. The van der Waals surface area contributed by atoms with Crippen LogP contribution in [-0.4, -0.2) is 38.6 Å². The fourth-order valence-corrected chi connectivity index (χ4v) is 4.50. The molecule has 2 aromatic carbocycles. The molecule has 0 aliphatic carbocycles. The van der Waals surface area contributed by atoms with Crippen LogP contribution >= 0.6 is 11.8 Å². The molecule has 4 aromatic rings. The van der Waals surface area contributed by atoms with Crippen LogP contribution in [0.2, 0.25) is 0 Å². The lowest BCUT2D eigenvalue weighted by Gasteiger charge is -2.12. The van der Waals surface area contributed by atoms with Crippen molar-refractivity contribution in [1.82, 2.24) is 14.6 Å². The lowest BCUT2D eigenvalue weighted by Crippen LogP contribution is -2.18. The summed E-state index contributed by atoms with van der Waals surface area (Å²) in [6.07, 6.45) is 0. The predicted octanol–water partition coefficient (Wildman–Crippen LogP) is 5.16. The van der Waals surface area contributed by atoms with E-state index in [4.69, 9.17) is 4.74 Å². The molecule has 1 atom stereocenters. The topological polar surface area (TPSA) is 85.6 Å². The van der Waals surface area contributed by atoms with E-state index in [2.05, 4.69) is 15.5 Å². The van der Waals surface area contributed by atoms with E-state index >= 15 is 0 Å². The molecule has 0 aliphatic heterocycles. The van der Waals surface area contributed by atoms with Crippen LogP contribution in [0.1, 0.15) is 36.7 Å². The Hall–Kier alpha value is -3.39. The Bertz CT molecular complexity index is 1350. The van der Waals surface area contributed by atoms with E-state index in [1.807, 2.05) is 56.4 Å². The molecule has 0 radical (unpaired) electrons. The fourth-order valence-electron chi connectivity index (χ4n) is 3.56. The number of hydrogen-bond acceptors (Lipinski definition) is 6. The summed E-state index contributed by atoms with van der Waals surface area (Å²) in [7, 11) is 1.64. The number of aryl methyl sites for hydroxylation is 1. The van der Waals surface area contributed by atoms with Gasteiger partial charge < -0.3 is 10.1 Å². The number of carbonyl (C=O) groups is 2. The lowest BCUT2D eigenvalue weighted by atomic mass is 10.1. The third-order valence-corrected chi connectivity index (χ3v) is 6.53. The predicted molar refractivity (Wildman–Crippen MR) is 131 cm³/mol. The highest BCUT2D eigenvalue weighted by molar-refractivity contribution is 8.00. The van der Waals surface area contributed by atoms with Gasteiger partial charge in [-0.1, -0.05) is 25.6 Å². The summed E-state index contributed by atoms with van der Waals surface area (Å²) >= 11 is 1.36. The van der Waals surface area contributed by atoms with Crippen molar-refractivity contribution in [3.8, 4) is 5.75 Å². The second-order valence-electron chi connectivity index (χ2n) is 8.23. The zero-order chi connectivity index (χ0) is 23.7. The molecule has 0 saturated carbocycles. The second kappa shape index (κ2) is 9.23. The number of hydrogen-bond donors (Lipinski definition) is 1. The van der Waals surface area contributed by atoms with E-state index in [9.17, 15) is 9.59 Å². The van der Waals surface area contributed by atoms with Gasteiger partial charge in [-0.3, -0.25) is 14.0 Å². The number of anilines is 1. The molecule has 0 spiro atoms. The molecule has 1 amide bonds. The summed E-state index contributed by atoms with van der Waals surface area (Å²) in [5.74, 6) is 0.552. The van der Waals surface area contributed by atoms with Crippen molar-refractivity contribution in [2.75, 3.05) is 12.4 Å². The molecule has 33 heavy (non-hydrogen) atoms. The van der Waals surface area contributed by atoms with E-state index in [-0.39, 0.29) is 22.9 Å². The molecule has 170 valence electrons. The molecule has 1 unspecified atom stereocenters. The molecule has 0 aliphatic rings. The molecule has 2 heterocycles. The molecule has 0 fully saturated rings. The average Bonchev–Trinajstić information content (AvgIpc) is 3.21. The van der Waals surface area contributed by atoms with E-state index in [1.54, 1.807) is 31.4 Å². The van der Waals surface area contributed by atoms with E-state index in [0.717, 1.165) is 27.9 Å². The summed E-state index contributed by atoms with van der Waals surface area (Å²) < 4.78 is 7.37. The first kappa shape index (κ1) is 22.8. The average molecular weight is 463 g/mol. The van der Waals surface area contributed by atoms with Gasteiger partial charge in [-0.2, -0.15) is 0 Å². The minimum Gasteiger partial charge on any atom is -0.497 e. The fraction of sp³-hybridized carbons (Fsp3) is 0.280. The number of nitrogens with one attached hydrogen (secondary N) is 1. The number of nitrogens with zero attached hydrogens (tertiary/aromatic N) is 3. The van der Waals surface area contributed by atoms with Crippen LogP contribution in [0.5, 0.6) is 5.75 Å². The van der Waals surface area contributed by atoms with Gasteiger partial charge in [0.05, 0.1) is 17.9 Å². The number of ketones is 1. The van der Waals surface area contributed by atoms with Crippen molar-refractivity contribution in [2.24, 2.45) is 5.92 Å². The van der Waals surface area contributed by atoms with E-state index in [0.29, 0.717) is 16.4 Å². The normalized spacial score (nSPS) is 12.3. The third-order valence-electron chi connectivity index (χ3n) is 5.49. The number of ether oxygens (including phenoxy) is 1. The number of fused-ring (bicyclic) bond motifs is 3. The van der Waals surface area contributed by atoms with Crippen molar-refractivity contribution >= 4 is 45.7 Å². The van der Waals surface area contributed by atoms with Crippen molar-refractivity contribution in [2.45, 2.75) is 38.1 Å². The Morgan fingerprint density at radius 3 is 2.42 bits per heavy atom. The van der Waals surface area contributed by atoms with Gasteiger partial charge in [0.1, 0.15) is 5.75 Å². The SMILES string of the molecule is COc1ccc2c(C)cc3nnc(SC(C)C(=O)c4ccc(NC(=O)C(C)C)cc4)n3c2c1. The zero-order valence-corrected chi connectivity index (χ0v) is 20.1. The number of carbonyl (C=O) groups excluding carboxylic acids is 2. The van der Waals surface area contributed by atoms with Crippen LogP contribution < -0.4 is 10.1 Å². The Morgan fingerprint density at radius 1 is 1.03 bits per heavy atom. The Kier molecular flexibility index (Phi) is 6.37. The lowest BCUT2D eigenvalue weighted by molar-refractivity contribution is -0.118. The van der Waals surface area contributed by atoms with Gasteiger partial charge in [0, 0.05) is 28.6 Å². The van der Waals surface area contributed by atoms with Crippen molar-refractivity contribution in [1.29, 1.82) is 0 Å². The van der Waals surface area contributed by atoms with Gasteiger partial charge >= 0.3 is 0 Å². The summed E-state index contributed by atoms with van der Waals surface area (Å²) in [4.78, 5) is 25.0. The van der Waals surface area contributed by atoms with Crippen LogP contribution in [0.3, 0.4) is 0 Å². The molecule has 4 rings (SSSR count). The molecule has 7 nitrogen and oxygen atoms in total. The van der Waals surface area contributed by atoms with Crippen LogP contribution in [0.4, 0.5) is 5.69 Å². The first-order chi connectivity index (χ1) is 15.8. The summed E-state index contributed by atoms with van der Waals surface area (Å²) in [6, 6.07) is 14.9. The monoisotopic (exact) mass is 462 g/mol. The number of Topliss-reactive ketones (excluding diaryl/α,β-unsaturated/α-hetero) is 1. The number of methoxy groups -OCH3 is 1. The van der Waals surface area contributed by atoms with Gasteiger partial charge in [-0.15, -0.1) is 10.2 Å². The summed E-state index contributed by atoms with van der Waals surface area (Å²) in [5.41, 5.74) is 4.00. The molecule has 0 bridgehead atoms. The zero-order valence-electron chi connectivity index (χ0n) is 19.2. The third kappa shape index (κ3) is 4.57. The van der Waals surface area contributed by atoms with Crippen LogP contribution in [0, 0.1) is 12.8 Å². The summed E-state index contributed by atoms with van der Waals surface area (Å²) in [6.45, 7) is 7.57. The van der Waals surface area contributed by atoms with Gasteiger partial charge in [-0.05, 0) is 61.9 Å². The Labute approximate surface area is 196 Å². The van der Waals surface area contributed by atoms with Crippen LogP contribution in [0.25, 0.3) is 16.6 Å². The minimum atomic E-state index is -0.379. The van der Waals surface area contributed by atoms with Gasteiger partial charge in [0.2, 0.25) is 5.91 Å². The maximum absolute atomic E-state index is 13.1. The Morgan fingerprint density at radius 2 is 1.76 bits per heavy atom. The molecule has 1 N–H and O–H groups in total. The maximum Gasteiger partial charge on any atom is 0.226 e. The number of aromatic nitrogens is 3. The largest absolute Gasteiger partial charge is 0.497 e. The highest BCUT2D eigenvalue weighted by Gasteiger charge is 2.21. The molecular weight excluding hydrogens is 436 g/mol. The van der Waals surface area contributed by atoms with Crippen LogP contribution in [0.15, 0.2) is 53.7 Å². The summed E-state index contributed by atoms with van der Waals surface area (Å²) in [5, 5.41) is 12.9. The number of pyridine rings is 1. The Balaban J connectivity index is 1.60. The van der Waals surface area contributed by atoms with Crippen molar-refractivity contribution < 1.29 is 14.3 Å². The standard InChI is InChI=1S/C25H26N4O3S/c1-14(2)24(31)26-18-8-6-17(7-9-18)23(30)16(4)33-25-28-27-22-12-15(3)20-11-10-19(32-5)13-21(20)29(22)25/h6-14,16H,1-5H3,(H,26,31). The number of benzene rings is 2. The highest BCUT2D eigenvalue weighted by Crippen LogP contribution is 2.31. The number of amides is 1. The van der Waals surface area contributed by atoms with E-state index < -0.39 is 0 Å². The van der Waals surface area contributed by atoms with Gasteiger partial charge in [0.15, 0.2) is 16.6 Å². The smallest absolute Gasteiger partial charge is 0.226 e. The first-order valence-corrected chi connectivity index (χ1v) is 11.6. The number of thioether (sulfide) groups is 1. The van der Waals surface area contributed by atoms with Gasteiger partial charge in [-0.25, -0.2) is 0 Å². The minimum absolute atomic E-state index is 0.0208. The maximum atomic E-state index is 13.1. The molecular formula is C25H26N4O3S. The van der Waals surface area contributed by atoms with Crippen LogP contribution in [-0.2, 0) is 4.79 Å². The highest BCUT2D eigenvalue weighted by atomic mass is 32.2. The molecule has 2 aromatic heterocycles. The van der Waals surface area contributed by atoms with E-state index in [1.165, 1.54) is 11.8 Å². The van der Waals surface area contributed by atoms with Crippen molar-refractivity contribution in [3.05, 3.63) is 59.7 Å². The van der Waals surface area contributed by atoms with Gasteiger partial charge in [0.25, 0.3) is 0 Å². The first-order valence-electron chi connectivity index (χ1n) is 10.7. The second-order valence-corrected chi connectivity index (χ2v) is 9.54. The van der Waals surface area contributed by atoms with Crippen molar-refractivity contribution in [3.63, 3.8) is 0 Å².